The summed E-state index contributed by atoms with van der Waals surface area (Å²) in [6.45, 7) is 7.36. The molecular formula is C18H27IN4O3. The van der Waals surface area contributed by atoms with Crippen LogP contribution in [0.1, 0.15) is 25.3 Å². The lowest BCUT2D eigenvalue weighted by atomic mass is 9.87. The third-order valence-corrected chi connectivity index (χ3v) is 5.07. The predicted octanol–water partition coefficient (Wildman–Crippen LogP) is 2.83. The number of nitro groups is 1. The molecule has 2 heterocycles. The Morgan fingerprint density at radius 2 is 2.15 bits per heavy atom. The molecule has 2 aliphatic heterocycles. The molecule has 1 aromatic rings. The van der Waals surface area contributed by atoms with Gasteiger partial charge in [0.25, 0.3) is 5.69 Å². The zero-order valence-corrected chi connectivity index (χ0v) is 17.5. The first kappa shape index (κ1) is 20.9. The Morgan fingerprint density at radius 3 is 2.77 bits per heavy atom. The molecule has 0 radical (unpaired) electrons. The molecule has 1 aromatic carbocycles. The summed E-state index contributed by atoms with van der Waals surface area (Å²) in [5.41, 5.74) is 1.50. The van der Waals surface area contributed by atoms with Crippen LogP contribution in [0.3, 0.4) is 0 Å². The summed E-state index contributed by atoms with van der Waals surface area (Å²) in [5, 5.41) is 14.1. The lowest BCUT2D eigenvalue weighted by Crippen LogP contribution is -2.41. The fraction of sp³-hybridized carbons (Fsp3) is 0.611. The summed E-state index contributed by atoms with van der Waals surface area (Å²) in [6.07, 6.45) is 3.08. The van der Waals surface area contributed by atoms with E-state index in [2.05, 4.69) is 17.1 Å². The topological polar surface area (TPSA) is 80.0 Å². The Balaban J connectivity index is 0.00000243. The summed E-state index contributed by atoms with van der Waals surface area (Å²) in [6, 6.07) is 6.71. The van der Waals surface area contributed by atoms with E-state index >= 15 is 0 Å². The van der Waals surface area contributed by atoms with Crippen molar-refractivity contribution < 1.29 is 9.66 Å². The second-order valence-electron chi connectivity index (χ2n) is 6.88. The number of benzene rings is 1. The predicted molar refractivity (Wildman–Crippen MR) is 112 cm³/mol. The van der Waals surface area contributed by atoms with E-state index in [-0.39, 0.29) is 34.6 Å². The van der Waals surface area contributed by atoms with Gasteiger partial charge in [-0.05, 0) is 31.7 Å². The number of nitrogens with zero attached hydrogens (tertiary/aromatic N) is 3. The van der Waals surface area contributed by atoms with Crippen LogP contribution in [-0.2, 0) is 11.2 Å². The number of non-ortho nitro benzene ring substituents is 1. The highest BCUT2D eigenvalue weighted by molar-refractivity contribution is 14.0. The van der Waals surface area contributed by atoms with Crippen LogP contribution in [0.25, 0.3) is 0 Å². The highest BCUT2D eigenvalue weighted by Gasteiger charge is 2.42. The first-order chi connectivity index (χ1) is 12.1. The first-order valence-corrected chi connectivity index (χ1v) is 8.96. The third-order valence-electron chi connectivity index (χ3n) is 5.07. The molecule has 0 amide bonds. The summed E-state index contributed by atoms with van der Waals surface area (Å²) >= 11 is 0. The van der Waals surface area contributed by atoms with Gasteiger partial charge in [-0.25, -0.2) is 0 Å². The number of hydrogen-bond acceptors (Lipinski definition) is 4. The van der Waals surface area contributed by atoms with Crippen LogP contribution in [0, 0.1) is 15.5 Å². The number of hydrogen-bond donors (Lipinski definition) is 1. The molecule has 2 aliphatic rings. The molecule has 0 aliphatic carbocycles. The van der Waals surface area contributed by atoms with Crippen molar-refractivity contribution in [1.82, 2.24) is 10.2 Å². The Morgan fingerprint density at radius 1 is 1.38 bits per heavy atom. The largest absolute Gasteiger partial charge is 0.381 e. The Kier molecular flexibility index (Phi) is 7.63. The van der Waals surface area contributed by atoms with Gasteiger partial charge in [-0.15, -0.1) is 24.0 Å². The van der Waals surface area contributed by atoms with Gasteiger partial charge in [0.15, 0.2) is 5.96 Å². The molecular weight excluding hydrogens is 447 g/mol. The number of halogens is 1. The molecule has 1 unspecified atom stereocenters. The molecule has 0 aromatic heterocycles. The Bertz CT molecular complexity index is 630. The maximum Gasteiger partial charge on any atom is 0.269 e. The average Bonchev–Trinajstić information content (AvgIpc) is 3.25. The summed E-state index contributed by atoms with van der Waals surface area (Å²) in [5.74, 6) is 0.966. The number of nitrogens with one attached hydrogen (secondary N) is 1. The molecule has 2 saturated heterocycles. The average molecular weight is 474 g/mol. The van der Waals surface area contributed by atoms with Gasteiger partial charge in [0.05, 0.1) is 11.5 Å². The number of likely N-dealkylation sites (tertiary alicyclic amines) is 1. The number of aliphatic imine (C=N–C) groups is 1. The van der Waals surface area contributed by atoms with Crippen LogP contribution < -0.4 is 5.32 Å². The van der Waals surface area contributed by atoms with E-state index in [4.69, 9.17) is 9.73 Å². The third kappa shape index (κ3) is 5.06. The van der Waals surface area contributed by atoms with E-state index in [1.807, 2.05) is 0 Å². The van der Waals surface area contributed by atoms with Crippen LogP contribution in [0.4, 0.5) is 5.69 Å². The quantitative estimate of drug-likeness (QED) is 0.234. The maximum atomic E-state index is 10.7. The van der Waals surface area contributed by atoms with Gasteiger partial charge in [0.1, 0.15) is 0 Å². The van der Waals surface area contributed by atoms with Gasteiger partial charge >= 0.3 is 0 Å². The van der Waals surface area contributed by atoms with E-state index in [0.29, 0.717) is 12.0 Å². The molecule has 1 spiro atoms. The lowest BCUT2D eigenvalue weighted by molar-refractivity contribution is -0.384. The zero-order valence-electron chi connectivity index (χ0n) is 15.1. The van der Waals surface area contributed by atoms with Crippen molar-refractivity contribution in [3.05, 3.63) is 39.9 Å². The highest BCUT2D eigenvalue weighted by Crippen LogP contribution is 2.38. The second-order valence-corrected chi connectivity index (χ2v) is 6.88. The normalized spacial score (nSPS) is 22.5. The maximum absolute atomic E-state index is 10.7. The molecule has 0 saturated carbocycles. The van der Waals surface area contributed by atoms with Gasteiger partial charge in [-0.3, -0.25) is 15.1 Å². The van der Waals surface area contributed by atoms with Crippen molar-refractivity contribution in [3.63, 3.8) is 0 Å². The van der Waals surface area contributed by atoms with Crippen LogP contribution >= 0.6 is 24.0 Å². The first-order valence-electron chi connectivity index (χ1n) is 8.96. The van der Waals surface area contributed by atoms with Gasteiger partial charge < -0.3 is 15.0 Å². The van der Waals surface area contributed by atoms with Crippen molar-refractivity contribution in [3.8, 4) is 0 Å². The fourth-order valence-electron chi connectivity index (χ4n) is 3.59. The van der Waals surface area contributed by atoms with Gasteiger partial charge in [-0.1, -0.05) is 12.1 Å². The van der Waals surface area contributed by atoms with Gasteiger partial charge in [0.2, 0.25) is 0 Å². The van der Waals surface area contributed by atoms with Crippen molar-refractivity contribution in [2.75, 3.05) is 39.4 Å². The molecule has 26 heavy (non-hydrogen) atoms. The minimum Gasteiger partial charge on any atom is -0.381 e. The van der Waals surface area contributed by atoms with Gasteiger partial charge in [0, 0.05) is 50.3 Å². The molecule has 7 nitrogen and oxygen atoms in total. The van der Waals surface area contributed by atoms with E-state index in [1.165, 1.54) is 6.42 Å². The zero-order chi connectivity index (χ0) is 17.7. The molecule has 144 valence electrons. The standard InChI is InChI=1S/C18H26N4O3.HI/c1-2-19-17(21-11-8-18(13-21)9-12-25-14-18)20-10-7-15-3-5-16(6-4-15)22(23)24;/h3-6H,2,7-14H2,1H3,(H,19,20);1H. The summed E-state index contributed by atoms with van der Waals surface area (Å²) in [7, 11) is 0. The molecule has 0 bridgehead atoms. The van der Waals surface area contributed by atoms with Crippen molar-refractivity contribution in [2.24, 2.45) is 10.4 Å². The van der Waals surface area contributed by atoms with E-state index < -0.39 is 0 Å². The highest BCUT2D eigenvalue weighted by atomic mass is 127. The second kappa shape index (κ2) is 9.50. The van der Waals surface area contributed by atoms with Gasteiger partial charge in [-0.2, -0.15) is 0 Å². The fourth-order valence-corrected chi connectivity index (χ4v) is 3.59. The van der Waals surface area contributed by atoms with E-state index in [9.17, 15) is 10.1 Å². The smallest absolute Gasteiger partial charge is 0.269 e. The van der Waals surface area contributed by atoms with Crippen LogP contribution in [-0.4, -0.2) is 55.2 Å². The van der Waals surface area contributed by atoms with Crippen LogP contribution in [0.15, 0.2) is 29.3 Å². The van der Waals surface area contributed by atoms with Crippen LogP contribution in [0.5, 0.6) is 0 Å². The number of guanidine groups is 1. The van der Waals surface area contributed by atoms with E-state index in [1.54, 1.807) is 24.3 Å². The van der Waals surface area contributed by atoms with Crippen molar-refractivity contribution >= 4 is 35.6 Å². The number of nitro benzene ring substituents is 1. The number of rotatable bonds is 5. The summed E-state index contributed by atoms with van der Waals surface area (Å²) < 4.78 is 5.60. The number of ether oxygens (including phenoxy) is 1. The molecule has 1 N–H and O–H groups in total. The Labute approximate surface area is 171 Å². The minimum atomic E-state index is -0.374. The van der Waals surface area contributed by atoms with Crippen molar-refractivity contribution in [1.29, 1.82) is 0 Å². The molecule has 1 atom stereocenters. The van der Waals surface area contributed by atoms with Crippen molar-refractivity contribution in [2.45, 2.75) is 26.2 Å². The lowest BCUT2D eigenvalue weighted by Gasteiger charge is -2.25. The molecule has 2 fully saturated rings. The molecule has 3 rings (SSSR count). The monoisotopic (exact) mass is 474 g/mol. The summed E-state index contributed by atoms with van der Waals surface area (Å²) in [4.78, 5) is 17.4. The SMILES string of the molecule is CCNC(=NCCc1ccc([N+](=O)[O-])cc1)N1CCC2(CCOC2)C1.I. The van der Waals surface area contributed by atoms with Crippen LogP contribution in [0.2, 0.25) is 0 Å². The Hall–Kier alpha value is -1.42. The van der Waals surface area contributed by atoms with E-state index in [0.717, 1.165) is 57.2 Å². The minimum absolute atomic E-state index is 0. The molecule has 8 heteroatoms.